The van der Waals surface area contributed by atoms with Crippen molar-refractivity contribution in [1.29, 1.82) is 0 Å². The minimum absolute atomic E-state index is 0.0898. The molecule has 2 aromatic heterocycles. The van der Waals surface area contributed by atoms with Crippen molar-refractivity contribution in [3.05, 3.63) is 23.8 Å². The first-order valence-corrected chi connectivity index (χ1v) is 6.10. The van der Waals surface area contributed by atoms with Gasteiger partial charge in [0.2, 0.25) is 0 Å². The smallest absolute Gasteiger partial charge is 0.357 e. The van der Waals surface area contributed by atoms with E-state index in [1.54, 1.807) is 0 Å². The van der Waals surface area contributed by atoms with E-state index in [0.29, 0.717) is 0 Å². The van der Waals surface area contributed by atoms with E-state index in [2.05, 4.69) is 24.6 Å². The highest BCUT2D eigenvalue weighted by Crippen LogP contribution is 2.21. The second kappa shape index (κ2) is 4.14. The van der Waals surface area contributed by atoms with E-state index >= 15 is 0 Å². The predicted molar refractivity (Wildman–Crippen MR) is 57.6 cm³/mol. The van der Waals surface area contributed by atoms with Gasteiger partial charge in [-0.05, 0) is 6.92 Å². The summed E-state index contributed by atoms with van der Waals surface area (Å²) >= 11 is 0. The number of nitrogens with one attached hydrogen (secondary N) is 2. The summed E-state index contributed by atoms with van der Waals surface area (Å²) in [7, 11) is -4.07. The molecule has 0 fully saturated rings. The first kappa shape index (κ1) is 12.1. The Morgan fingerprint density at radius 3 is 2.83 bits per heavy atom. The van der Waals surface area contributed by atoms with Crippen molar-refractivity contribution < 1.29 is 22.8 Å². The van der Waals surface area contributed by atoms with Crippen molar-refractivity contribution in [1.82, 2.24) is 15.4 Å². The number of aryl methyl sites for hydroxylation is 1. The van der Waals surface area contributed by atoms with Gasteiger partial charge in [-0.3, -0.25) is 9.82 Å². The van der Waals surface area contributed by atoms with E-state index in [-0.39, 0.29) is 11.4 Å². The van der Waals surface area contributed by atoms with Gasteiger partial charge in [-0.1, -0.05) is 5.16 Å². The van der Waals surface area contributed by atoms with Crippen LogP contribution in [-0.2, 0) is 10.0 Å². The molecule has 0 saturated heterocycles. The third-order valence-electron chi connectivity index (χ3n) is 2.05. The van der Waals surface area contributed by atoms with E-state index in [1.807, 2.05) is 0 Å². The topological polar surface area (TPSA) is 138 Å². The standard InChI is InChI=1S/C8H8N4O5S/c1-4-7(6(8(13)14)11-10-4)18(15,16)12-5-2-9-17-3-5/h2-3,12H,1H3,(H,10,11)(H,13,14). The number of nitrogens with zero attached hydrogens (tertiary/aromatic N) is 2. The molecule has 18 heavy (non-hydrogen) atoms. The van der Waals surface area contributed by atoms with E-state index < -0.39 is 26.6 Å². The molecular weight excluding hydrogens is 264 g/mol. The fourth-order valence-electron chi connectivity index (χ4n) is 1.35. The van der Waals surface area contributed by atoms with Crippen molar-refractivity contribution in [2.24, 2.45) is 0 Å². The molecule has 2 heterocycles. The van der Waals surface area contributed by atoms with Crippen LogP contribution in [0.3, 0.4) is 0 Å². The molecule has 0 amide bonds. The number of aromatic carboxylic acids is 1. The monoisotopic (exact) mass is 272 g/mol. The Balaban J connectivity index is 2.47. The molecule has 10 heteroatoms. The number of carbonyl (C=O) groups is 1. The molecule has 2 aromatic rings. The summed E-state index contributed by atoms with van der Waals surface area (Å²) < 4.78 is 30.6. The minimum Gasteiger partial charge on any atom is -0.476 e. The number of carboxylic acid groups (broad SMARTS) is 1. The molecule has 96 valence electrons. The summed E-state index contributed by atoms with van der Waals surface area (Å²) in [6, 6.07) is 0. The van der Waals surface area contributed by atoms with E-state index in [0.717, 1.165) is 12.5 Å². The third-order valence-corrected chi connectivity index (χ3v) is 3.59. The Kier molecular flexibility index (Phi) is 2.79. The molecule has 0 aliphatic carbocycles. The van der Waals surface area contributed by atoms with E-state index in [4.69, 9.17) is 5.11 Å². The molecule has 0 spiro atoms. The summed E-state index contributed by atoms with van der Waals surface area (Å²) in [5.41, 5.74) is -0.361. The van der Waals surface area contributed by atoms with E-state index in [9.17, 15) is 13.2 Å². The largest absolute Gasteiger partial charge is 0.476 e. The molecule has 3 N–H and O–H groups in total. The van der Waals surface area contributed by atoms with Gasteiger partial charge in [0.25, 0.3) is 10.0 Å². The second-order valence-corrected chi connectivity index (χ2v) is 4.97. The highest BCUT2D eigenvalue weighted by molar-refractivity contribution is 7.92. The van der Waals surface area contributed by atoms with Crippen LogP contribution in [0.25, 0.3) is 0 Å². The molecule has 0 bridgehead atoms. The molecule has 0 aromatic carbocycles. The number of aromatic nitrogens is 3. The van der Waals surface area contributed by atoms with Crippen molar-refractivity contribution in [3.8, 4) is 0 Å². The van der Waals surface area contributed by atoms with Gasteiger partial charge in [-0.2, -0.15) is 5.10 Å². The van der Waals surface area contributed by atoms with Gasteiger partial charge in [0.15, 0.2) is 5.69 Å². The van der Waals surface area contributed by atoms with Crippen molar-refractivity contribution in [2.75, 3.05) is 4.72 Å². The molecule has 0 aliphatic heterocycles. The third kappa shape index (κ3) is 2.05. The first-order chi connectivity index (χ1) is 8.42. The summed E-state index contributed by atoms with van der Waals surface area (Å²) in [5.74, 6) is -1.44. The maximum atomic E-state index is 12.0. The van der Waals surface area contributed by atoms with Gasteiger partial charge in [0.05, 0.1) is 11.9 Å². The lowest BCUT2D eigenvalue weighted by atomic mass is 10.4. The average Bonchev–Trinajstić information content (AvgIpc) is 2.86. The van der Waals surface area contributed by atoms with Gasteiger partial charge in [-0.15, -0.1) is 0 Å². The SMILES string of the molecule is Cc1[nH]nc(C(=O)O)c1S(=O)(=O)Nc1cnoc1. The number of carboxylic acids is 1. The van der Waals surface area contributed by atoms with Crippen molar-refractivity contribution in [3.63, 3.8) is 0 Å². The Labute approximate surface area is 101 Å². The number of hydrogen-bond acceptors (Lipinski definition) is 6. The van der Waals surface area contributed by atoms with Crippen LogP contribution < -0.4 is 4.72 Å². The van der Waals surface area contributed by atoms with Crippen molar-refractivity contribution >= 4 is 21.7 Å². The van der Waals surface area contributed by atoms with Crippen LogP contribution in [0.4, 0.5) is 5.69 Å². The Morgan fingerprint density at radius 1 is 1.56 bits per heavy atom. The average molecular weight is 272 g/mol. The number of hydrogen-bond donors (Lipinski definition) is 3. The Morgan fingerprint density at radius 2 is 2.28 bits per heavy atom. The molecule has 9 nitrogen and oxygen atoms in total. The highest BCUT2D eigenvalue weighted by atomic mass is 32.2. The van der Waals surface area contributed by atoms with Crippen LogP contribution in [0.5, 0.6) is 0 Å². The quantitative estimate of drug-likeness (QED) is 0.722. The summed E-state index contributed by atoms with van der Waals surface area (Å²) in [6.07, 6.45) is 2.22. The van der Waals surface area contributed by atoms with Gasteiger partial charge in [0.1, 0.15) is 16.8 Å². The molecule has 0 radical (unpaired) electrons. The summed E-state index contributed by atoms with van der Waals surface area (Å²) in [6.45, 7) is 1.40. The zero-order valence-electron chi connectivity index (χ0n) is 9.04. The predicted octanol–water partition coefficient (Wildman–Crippen LogP) is 0.205. The molecule has 0 aliphatic rings. The molecule has 0 saturated carbocycles. The zero-order chi connectivity index (χ0) is 13.3. The fourth-order valence-corrected chi connectivity index (χ4v) is 2.70. The first-order valence-electron chi connectivity index (χ1n) is 4.62. The van der Waals surface area contributed by atoms with Gasteiger partial charge in [0, 0.05) is 0 Å². The van der Waals surface area contributed by atoms with Gasteiger partial charge in [-0.25, -0.2) is 13.2 Å². The summed E-state index contributed by atoms with van der Waals surface area (Å²) in [4.78, 5) is 10.5. The number of sulfonamides is 1. The lowest BCUT2D eigenvalue weighted by Gasteiger charge is -2.04. The van der Waals surface area contributed by atoms with Crippen LogP contribution in [0.15, 0.2) is 21.9 Å². The lowest BCUT2D eigenvalue weighted by Crippen LogP contribution is -2.16. The normalized spacial score (nSPS) is 11.4. The van der Waals surface area contributed by atoms with Crippen LogP contribution in [-0.4, -0.2) is 34.8 Å². The molecular formula is C8H8N4O5S. The number of rotatable bonds is 4. The summed E-state index contributed by atoms with van der Waals surface area (Å²) in [5, 5.41) is 17.9. The van der Waals surface area contributed by atoms with Crippen LogP contribution in [0.1, 0.15) is 16.2 Å². The zero-order valence-corrected chi connectivity index (χ0v) is 9.85. The molecule has 0 unspecified atom stereocenters. The lowest BCUT2D eigenvalue weighted by molar-refractivity contribution is 0.0686. The van der Waals surface area contributed by atoms with Crippen LogP contribution in [0, 0.1) is 6.92 Å². The minimum atomic E-state index is -4.07. The van der Waals surface area contributed by atoms with Crippen molar-refractivity contribution in [2.45, 2.75) is 11.8 Å². The Bertz CT molecular complexity index is 672. The molecule has 0 atom stereocenters. The molecule has 2 rings (SSSR count). The van der Waals surface area contributed by atoms with Gasteiger partial charge >= 0.3 is 5.97 Å². The van der Waals surface area contributed by atoms with Crippen LogP contribution >= 0.6 is 0 Å². The number of aromatic amines is 1. The Hall–Kier alpha value is -2.36. The fraction of sp³-hybridized carbons (Fsp3) is 0.125. The maximum absolute atomic E-state index is 12.0. The maximum Gasteiger partial charge on any atom is 0.357 e. The van der Waals surface area contributed by atoms with E-state index in [1.165, 1.54) is 6.92 Å². The van der Waals surface area contributed by atoms with Crippen LogP contribution in [0.2, 0.25) is 0 Å². The number of H-pyrrole nitrogens is 1. The number of anilines is 1. The second-order valence-electron chi connectivity index (χ2n) is 3.35. The highest BCUT2D eigenvalue weighted by Gasteiger charge is 2.28. The van der Waals surface area contributed by atoms with Gasteiger partial charge < -0.3 is 9.63 Å².